The summed E-state index contributed by atoms with van der Waals surface area (Å²) in [4.78, 5) is 21.9. The predicted molar refractivity (Wildman–Crippen MR) is 152 cm³/mol. The molecule has 10 heteroatoms. The molecule has 2 heterocycles. The van der Waals surface area contributed by atoms with Crippen molar-refractivity contribution >= 4 is 5.69 Å². The fourth-order valence-electron chi connectivity index (χ4n) is 4.66. The molecule has 0 saturated carbocycles. The molecule has 2 atom stereocenters. The van der Waals surface area contributed by atoms with Crippen LogP contribution in [0.5, 0.6) is 0 Å². The van der Waals surface area contributed by atoms with Gasteiger partial charge in [0.25, 0.3) is 5.69 Å². The van der Waals surface area contributed by atoms with Crippen LogP contribution in [0, 0.1) is 24.0 Å². The van der Waals surface area contributed by atoms with E-state index in [0.29, 0.717) is 40.3 Å². The van der Waals surface area contributed by atoms with E-state index >= 15 is 0 Å². The molecule has 0 aliphatic heterocycles. The van der Waals surface area contributed by atoms with Crippen LogP contribution in [0.1, 0.15) is 34.6 Å². The second-order valence-corrected chi connectivity index (χ2v) is 9.72. The smallest absolute Gasteiger partial charge is 0.269 e. The molecule has 3 aromatic carbocycles. The number of rotatable bonds is 11. The number of nitro benzene ring substituents is 1. The van der Waals surface area contributed by atoms with Crippen LogP contribution in [-0.4, -0.2) is 42.7 Å². The minimum Gasteiger partial charge on any atom is -0.441 e. The van der Waals surface area contributed by atoms with Crippen molar-refractivity contribution in [1.29, 1.82) is 0 Å². The summed E-state index contributed by atoms with van der Waals surface area (Å²) < 4.78 is 11.9. The van der Waals surface area contributed by atoms with Gasteiger partial charge in [0, 0.05) is 36.3 Å². The van der Waals surface area contributed by atoms with Gasteiger partial charge in [-0.3, -0.25) is 15.0 Å². The van der Waals surface area contributed by atoms with E-state index in [2.05, 4.69) is 0 Å². The number of benzene rings is 3. The highest BCUT2D eigenvalue weighted by atomic mass is 16.6. The molecule has 10 nitrogen and oxygen atoms in total. The SMILES string of the molecule is Cc1oc(-c2ccccc2)nc1CN(Cc1nc(-c2ccccc2)oc1C)[C@@H](CO)[C@H](O)c1ccc([N+](=O)[O-])cc1. The maximum absolute atomic E-state index is 11.4. The van der Waals surface area contributed by atoms with Crippen LogP contribution in [0.15, 0.2) is 93.8 Å². The highest BCUT2D eigenvalue weighted by molar-refractivity contribution is 5.54. The van der Waals surface area contributed by atoms with Crippen molar-refractivity contribution in [3.63, 3.8) is 0 Å². The van der Waals surface area contributed by atoms with E-state index in [4.69, 9.17) is 18.8 Å². The molecule has 5 aromatic rings. The Hall–Kier alpha value is -4.64. The van der Waals surface area contributed by atoms with Crippen LogP contribution in [0.2, 0.25) is 0 Å². The quantitative estimate of drug-likeness (QED) is 0.157. The molecule has 0 saturated heterocycles. The van der Waals surface area contributed by atoms with Gasteiger partial charge in [-0.1, -0.05) is 36.4 Å². The van der Waals surface area contributed by atoms with E-state index in [9.17, 15) is 20.3 Å². The van der Waals surface area contributed by atoms with Gasteiger partial charge in [-0.2, -0.15) is 0 Å². The number of oxazole rings is 2. The molecule has 0 amide bonds. The zero-order valence-corrected chi connectivity index (χ0v) is 22.7. The van der Waals surface area contributed by atoms with Crippen molar-refractivity contribution in [1.82, 2.24) is 14.9 Å². The third kappa shape index (κ3) is 6.25. The van der Waals surface area contributed by atoms with Gasteiger partial charge in [0.1, 0.15) is 11.5 Å². The average Bonchev–Trinajstić information content (AvgIpc) is 3.55. The van der Waals surface area contributed by atoms with Crippen LogP contribution >= 0.6 is 0 Å². The van der Waals surface area contributed by atoms with Gasteiger partial charge in [-0.05, 0) is 55.8 Å². The molecule has 0 fully saturated rings. The Labute approximate surface area is 236 Å². The number of aromatic nitrogens is 2. The third-order valence-corrected chi connectivity index (χ3v) is 7.00. The summed E-state index contributed by atoms with van der Waals surface area (Å²) in [6.07, 6.45) is -1.16. The highest BCUT2D eigenvalue weighted by Crippen LogP contribution is 2.30. The number of nitro groups is 1. The van der Waals surface area contributed by atoms with Crippen molar-refractivity contribution in [2.24, 2.45) is 0 Å². The third-order valence-electron chi connectivity index (χ3n) is 7.00. The van der Waals surface area contributed by atoms with Gasteiger partial charge in [0.2, 0.25) is 11.8 Å². The van der Waals surface area contributed by atoms with Gasteiger partial charge < -0.3 is 19.0 Å². The van der Waals surface area contributed by atoms with Crippen LogP contribution in [-0.2, 0) is 13.1 Å². The zero-order valence-electron chi connectivity index (χ0n) is 22.7. The Morgan fingerprint density at radius 3 is 1.68 bits per heavy atom. The first-order valence-corrected chi connectivity index (χ1v) is 13.1. The molecule has 2 aromatic heterocycles. The summed E-state index contributed by atoms with van der Waals surface area (Å²) in [5, 5.41) is 33.0. The molecule has 210 valence electrons. The summed E-state index contributed by atoms with van der Waals surface area (Å²) in [7, 11) is 0. The number of hydrogen-bond donors (Lipinski definition) is 2. The molecule has 5 rings (SSSR count). The van der Waals surface area contributed by atoms with E-state index in [-0.39, 0.29) is 18.8 Å². The predicted octanol–water partition coefficient (Wildman–Crippen LogP) is 5.62. The summed E-state index contributed by atoms with van der Waals surface area (Å²) >= 11 is 0. The van der Waals surface area contributed by atoms with E-state index in [1.807, 2.05) is 79.4 Å². The molecule has 41 heavy (non-hydrogen) atoms. The second-order valence-electron chi connectivity index (χ2n) is 9.72. The molecular weight excluding hydrogens is 524 g/mol. The Morgan fingerprint density at radius 2 is 1.27 bits per heavy atom. The second kappa shape index (κ2) is 12.3. The number of aryl methyl sites for hydroxylation is 2. The molecule has 0 aliphatic rings. The molecule has 0 aliphatic carbocycles. The summed E-state index contributed by atoms with van der Waals surface area (Å²) in [5.41, 5.74) is 3.29. The van der Waals surface area contributed by atoms with Crippen LogP contribution in [0.3, 0.4) is 0 Å². The standard InChI is InChI=1S/C31H30N4O6/c1-20-26(32-30(40-20)23-9-5-3-6-10-23)17-34(18-27-21(2)41-31(33-27)24-11-7-4-8-12-24)28(19-36)29(37)22-13-15-25(16-14-22)35(38)39/h3-16,28-29,36-37H,17-19H2,1-2H3/t28-,29+/m0/s1. The first-order valence-electron chi connectivity index (χ1n) is 13.1. The van der Waals surface area contributed by atoms with E-state index in [1.165, 1.54) is 24.3 Å². The first-order chi connectivity index (χ1) is 19.8. The van der Waals surface area contributed by atoms with Crippen molar-refractivity contribution < 1.29 is 24.0 Å². The van der Waals surface area contributed by atoms with E-state index < -0.39 is 23.7 Å². The van der Waals surface area contributed by atoms with Gasteiger partial charge >= 0.3 is 0 Å². The van der Waals surface area contributed by atoms with Crippen molar-refractivity contribution in [3.05, 3.63) is 124 Å². The van der Waals surface area contributed by atoms with Gasteiger partial charge in [-0.25, -0.2) is 9.97 Å². The van der Waals surface area contributed by atoms with Crippen molar-refractivity contribution in [3.8, 4) is 22.9 Å². The van der Waals surface area contributed by atoms with Gasteiger partial charge in [0.15, 0.2) is 0 Å². The fourth-order valence-corrected chi connectivity index (χ4v) is 4.66. The number of aliphatic hydroxyl groups is 2. The highest BCUT2D eigenvalue weighted by Gasteiger charge is 2.30. The maximum atomic E-state index is 11.4. The number of non-ortho nitro benzene ring substituents is 1. The van der Waals surface area contributed by atoms with Crippen molar-refractivity contribution in [2.75, 3.05) is 6.61 Å². The molecule has 0 radical (unpaired) electrons. The van der Waals surface area contributed by atoms with Crippen LogP contribution in [0.4, 0.5) is 5.69 Å². The molecule has 0 spiro atoms. The number of aliphatic hydroxyl groups excluding tert-OH is 2. The minimum absolute atomic E-state index is 0.0864. The summed E-state index contributed by atoms with van der Waals surface area (Å²) in [6, 6.07) is 23.9. The van der Waals surface area contributed by atoms with Crippen molar-refractivity contribution in [2.45, 2.75) is 39.1 Å². The monoisotopic (exact) mass is 554 g/mol. The maximum Gasteiger partial charge on any atom is 0.269 e. The Balaban J connectivity index is 1.49. The molecule has 0 bridgehead atoms. The normalized spacial score (nSPS) is 12.9. The van der Waals surface area contributed by atoms with Gasteiger partial charge in [0.05, 0.1) is 35.1 Å². The first kappa shape index (κ1) is 27.9. The van der Waals surface area contributed by atoms with E-state index in [0.717, 1.165) is 11.1 Å². The summed E-state index contributed by atoms with van der Waals surface area (Å²) in [5.74, 6) is 2.16. The Morgan fingerprint density at radius 1 is 0.805 bits per heavy atom. The largest absolute Gasteiger partial charge is 0.441 e. The average molecular weight is 555 g/mol. The Kier molecular flexibility index (Phi) is 8.34. The van der Waals surface area contributed by atoms with Gasteiger partial charge in [-0.15, -0.1) is 0 Å². The van der Waals surface area contributed by atoms with E-state index in [1.54, 1.807) is 0 Å². The zero-order chi connectivity index (χ0) is 28.9. The number of hydrogen-bond acceptors (Lipinski definition) is 9. The number of nitrogens with zero attached hydrogens (tertiary/aromatic N) is 4. The fraction of sp³-hybridized carbons (Fsp3) is 0.226. The lowest BCUT2D eigenvalue weighted by Gasteiger charge is -2.33. The lowest BCUT2D eigenvalue weighted by molar-refractivity contribution is -0.384. The molecular formula is C31H30N4O6. The molecule has 0 unspecified atom stereocenters. The Bertz CT molecular complexity index is 1510. The lowest BCUT2D eigenvalue weighted by atomic mass is 10.0. The van der Waals surface area contributed by atoms with Crippen LogP contribution in [0.25, 0.3) is 22.9 Å². The minimum atomic E-state index is -1.16. The summed E-state index contributed by atoms with van der Waals surface area (Å²) in [6.45, 7) is 3.70. The lowest BCUT2D eigenvalue weighted by Crippen LogP contribution is -2.42. The molecule has 2 N–H and O–H groups in total. The van der Waals surface area contributed by atoms with Crippen LogP contribution < -0.4 is 0 Å². The topological polar surface area (TPSA) is 139 Å².